The van der Waals surface area contributed by atoms with E-state index < -0.39 is 5.25 Å². The first-order valence-corrected chi connectivity index (χ1v) is 12.3. The Morgan fingerprint density at radius 3 is 2.76 bits per heavy atom. The number of hydrogen-bond donors (Lipinski definition) is 1. The summed E-state index contributed by atoms with van der Waals surface area (Å²) in [5.74, 6) is 0.0942. The van der Waals surface area contributed by atoms with Crippen LogP contribution in [0.25, 0.3) is 11.4 Å². The van der Waals surface area contributed by atoms with Gasteiger partial charge in [0.05, 0.1) is 24.0 Å². The predicted octanol–water partition coefficient (Wildman–Crippen LogP) is 3.47. The summed E-state index contributed by atoms with van der Waals surface area (Å²) >= 11 is 2.61. The van der Waals surface area contributed by atoms with Gasteiger partial charge in [0.15, 0.2) is 11.0 Å². The van der Waals surface area contributed by atoms with Gasteiger partial charge in [0, 0.05) is 31.7 Å². The van der Waals surface area contributed by atoms with Crippen molar-refractivity contribution in [2.45, 2.75) is 23.9 Å². The Labute approximate surface area is 199 Å². The molecule has 0 aliphatic carbocycles. The quantitative estimate of drug-likeness (QED) is 0.487. The third-order valence-electron chi connectivity index (χ3n) is 5.24. The van der Waals surface area contributed by atoms with Crippen molar-refractivity contribution in [1.29, 1.82) is 5.26 Å². The van der Waals surface area contributed by atoms with E-state index in [0.29, 0.717) is 41.3 Å². The number of ether oxygens (including phenoxy) is 1. The Morgan fingerprint density at radius 1 is 1.27 bits per heavy atom. The molecule has 1 N–H and O–H groups in total. The fourth-order valence-electron chi connectivity index (χ4n) is 3.38. The standard InChI is InChI=1S/C22H23FN6O2S2/c1-15(20(30)25-21-17(14-24)6-13-32-21)33-22-27-26-19(16-2-4-18(23)5-3-16)29(22)8-7-28-9-11-31-12-10-28/h2-6,13,15H,7-12H2,1H3,(H,25,30). The first-order chi connectivity index (χ1) is 16.0. The molecule has 33 heavy (non-hydrogen) atoms. The highest BCUT2D eigenvalue weighted by atomic mass is 32.2. The topological polar surface area (TPSA) is 96.1 Å². The largest absolute Gasteiger partial charge is 0.379 e. The number of morpholine rings is 1. The molecule has 3 heterocycles. The summed E-state index contributed by atoms with van der Waals surface area (Å²) in [6.07, 6.45) is 0. The fourth-order valence-corrected chi connectivity index (χ4v) is 4.99. The van der Waals surface area contributed by atoms with Crippen molar-refractivity contribution in [1.82, 2.24) is 19.7 Å². The lowest BCUT2D eigenvalue weighted by atomic mass is 10.2. The number of thiophene rings is 1. The molecule has 1 unspecified atom stereocenters. The van der Waals surface area contributed by atoms with Crippen LogP contribution in [-0.4, -0.2) is 63.7 Å². The van der Waals surface area contributed by atoms with E-state index in [1.807, 2.05) is 4.57 Å². The van der Waals surface area contributed by atoms with Crippen LogP contribution in [0.4, 0.5) is 9.39 Å². The van der Waals surface area contributed by atoms with E-state index in [1.54, 1.807) is 30.5 Å². The van der Waals surface area contributed by atoms with Gasteiger partial charge in [-0.25, -0.2) is 4.39 Å². The van der Waals surface area contributed by atoms with E-state index in [2.05, 4.69) is 26.5 Å². The molecule has 0 radical (unpaired) electrons. The molecular weight excluding hydrogens is 463 g/mol. The monoisotopic (exact) mass is 486 g/mol. The predicted molar refractivity (Wildman–Crippen MR) is 126 cm³/mol. The number of anilines is 1. The van der Waals surface area contributed by atoms with E-state index in [0.717, 1.165) is 25.2 Å². The lowest BCUT2D eigenvalue weighted by molar-refractivity contribution is -0.115. The van der Waals surface area contributed by atoms with Gasteiger partial charge < -0.3 is 14.6 Å². The Balaban J connectivity index is 1.52. The number of hydrogen-bond acceptors (Lipinski definition) is 8. The molecule has 4 rings (SSSR count). The molecule has 3 aromatic rings. The molecule has 2 aromatic heterocycles. The van der Waals surface area contributed by atoms with Crippen molar-refractivity contribution in [3.8, 4) is 17.5 Å². The van der Waals surface area contributed by atoms with E-state index in [4.69, 9.17) is 10.00 Å². The lowest BCUT2D eigenvalue weighted by Gasteiger charge is -2.27. The maximum Gasteiger partial charge on any atom is 0.238 e. The van der Waals surface area contributed by atoms with Crippen molar-refractivity contribution in [2.75, 3.05) is 38.2 Å². The van der Waals surface area contributed by atoms with Gasteiger partial charge in [-0.2, -0.15) is 5.26 Å². The number of halogens is 1. The van der Waals surface area contributed by atoms with E-state index in [9.17, 15) is 9.18 Å². The van der Waals surface area contributed by atoms with Gasteiger partial charge in [-0.3, -0.25) is 9.69 Å². The average molecular weight is 487 g/mol. The second-order valence-corrected chi connectivity index (χ2v) is 9.67. The van der Waals surface area contributed by atoms with Gasteiger partial charge in [0.25, 0.3) is 0 Å². The number of benzene rings is 1. The van der Waals surface area contributed by atoms with Crippen LogP contribution < -0.4 is 5.32 Å². The summed E-state index contributed by atoms with van der Waals surface area (Å²) in [5.41, 5.74) is 1.20. The second kappa shape index (κ2) is 10.9. The van der Waals surface area contributed by atoms with Gasteiger partial charge in [0.2, 0.25) is 5.91 Å². The van der Waals surface area contributed by atoms with E-state index in [-0.39, 0.29) is 11.7 Å². The summed E-state index contributed by atoms with van der Waals surface area (Å²) in [7, 11) is 0. The Hall–Kier alpha value is -2.78. The van der Waals surface area contributed by atoms with E-state index in [1.165, 1.54) is 35.2 Å². The third-order valence-corrected chi connectivity index (χ3v) is 7.15. The van der Waals surface area contributed by atoms with Crippen LogP contribution in [0.5, 0.6) is 0 Å². The van der Waals surface area contributed by atoms with Gasteiger partial charge in [-0.15, -0.1) is 21.5 Å². The zero-order valence-electron chi connectivity index (χ0n) is 18.0. The SMILES string of the molecule is CC(Sc1nnc(-c2ccc(F)cc2)n1CCN1CCOCC1)C(=O)Nc1sccc1C#N. The number of nitrogens with one attached hydrogen (secondary N) is 1. The zero-order chi connectivity index (χ0) is 23.2. The number of rotatable bonds is 8. The van der Waals surface area contributed by atoms with Crippen molar-refractivity contribution >= 4 is 34.0 Å². The van der Waals surface area contributed by atoms with E-state index >= 15 is 0 Å². The van der Waals surface area contributed by atoms with Crippen LogP contribution >= 0.6 is 23.1 Å². The van der Waals surface area contributed by atoms with Gasteiger partial charge in [0.1, 0.15) is 16.9 Å². The van der Waals surface area contributed by atoms with Gasteiger partial charge in [-0.1, -0.05) is 11.8 Å². The molecule has 1 atom stereocenters. The molecule has 1 aromatic carbocycles. The molecule has 1 amide bonds. The number of carbonyl (C=O) groups excluding carboxylic acids is 1. The highest BCUT2D eigenvalue weighted by Crippen LogP contribution is 2.29. The van der Waals surface area contributed by atoms with Crippen LogP contribution in [0, 0.1) is 17.1 Å². The van der Waals surface area contributed by atoms with Crippen LogP contribution in [0.15, 0.2) is 40.9 Å². The summed E-state index contributed by atoms with van der Waals surface area (Å²) in [6, 6.07) is 9.89. The molecule has 1 aliphatic rings. The molecule has 0 bridgehead atoms. The Kier molecular flexibility index (Phi) is 7.72. The number of amides is 1. The van der Waals surface area contributed by atoms with Crippen LogP contribution in [-0.2, 0) is 16.1 Å². The van der Waals surface area contributed by atoms with Gasteiger partial charge >= 0.3 is 0 Å². The van der Waals surface area contributed by atoms with Crippen molar-refractivity contribution in [3.05, 3.63) is 47.1 Å². The number of nitriles is 1. The molecule has 0 spiro atoms. The molecule has 172 valence electrons. The summed E-state index contributed by atoms with van der Waals surface area (Å²) in [6.45, 7) is 6.33. The minimum absolute atomic E-state index is 0.218. The smallest absolute Gasteiger partial charge is 0.238 e. The van der Waals surface area contributed by atoms with Crippen molar-refractivity contribution in [3.63, 3.8) is 0 Å². The molecule has 1 aliphatic heterocycles. The average Bonchev–Trinajstić information content (AvgIpc) is 3.45. The minimum Gasteiger partial charge on any atom is -0.379 e. The van der Waals surface area contributed by atoms with Crippen LogP contribution in [0.2, 0.25) is 0 Å². The molecule has 11 heteroatoms. The number of thioether (sulfide) groups is 1. The molecule has 0 saturated carbocycles. The normalized spacial score (nSPS) is 15.2. The summed E-state index contributed by atoms with van der Waals surface area (Å²) in [5, 5.41) is 23.1. The Bertz CT molecular complexity index is 1130. The number of aromatic nitrogens is 3. The fraction of sp³-hybridized carbons (Fsp3) is 0.364. The zero-order valence-corrected chi connectivity index (χ0v) is 19.7. The molecule has 8 nitrogen and oxygen atoms in total. The first-order valence-electron chi connectivity index (χ1n) is 10.5. The summed E-state index contributed by atoms with van der Waals surface area (Å²) < 4.78 is 20.8. The number of carbonyl (C=O) groups is 1. The molecular formula is C22H23FN6O2S2. The second-order valence-electron chi connectivity index (χ2n) is 7.44. The molecule has 1 saturated heterocycles. The first kappa shape index (κ1) is 23.4. The maximum atomic E-state index is 13.4. The maximum absolute atomic E-state index is 13.4. The Morgan fingerprint density at radius 2 is 2.03 bits per heavy atom. The minimum atomic E-state index is -0.467. The van der Waals surface area contributed by atoms with Gasteiger partial charge in [-0.05, 0) is 42.6 Å². The van der Waals surface area contributed by atoms with Crippen LogP contribution in [0.1, 0.15) is 12.5 Å². The third kappa shape index (κ3) is 5.78. The highest BCUT2D eigenvalue weighted by Gasteiger charge is 2.23. The van der Waals surface area contributed by atoms with Crippen LogP contribution in [0.3, 0.4) is 0 Å². The number of nitrogens with zero attached hydrogens (tertiary/aromatic N) is 5. The summed E-state index contributed by atoms with van der Waals surface area (Å²) in [4.78, 5) is 15.1. The highest BCUT2D eigenvalue weighted by molar-refractivity contribution is 8.00. The van der Waals surface area contributed by atoms with Crippen molar-refractivity contribution < 1.29 is 13.9 Å². The lowest BCUT2D eigenvalue weighted by Crippen LogP contribution is -2.38. The molecule has 1 fully saturated rings. The van der Waals surface area contributed by atoms with Crippen molar-refractivity contribution in [2.24, 2.45) is 0 Å².